The van der Waals surface area contributed by atoms with Gasteiger partial charge < -0.3 is 4.42 Å². The second kappa shape index (κ2) is 10.3. The van der Waals surface area contributed by atoms with Crippen molar-refractivity contribution >= 4 is 29.3 Å². The summed E-state index contributed by atoms with van der Waals surface area (Å²) in [5, 5.41) is 8.18. The van der Waals surface area contributed by atoms with Crippen LogP contribution in [0.3, 0.4) is 0 Å². The summed E-state index contributed by atoms with van der Waals surface area (Å²) >= 11 is 0. The number of imide groups is 2. The first-order valence-corrected chi connectivity index (χ1v) is 14.4. The van der Waals surface area contributed by atoms with E-state index < -0.39 is 35.2 Å². The number of alkyl halides is 3. The minimum absolute atomic E-state index is 0.00737. The highest BCUT2D eigenvalue weighted by Gasteiger charge is 2.55. The van der Waals surface area contributed by atoms with E-state index in [4.69, 9.17) is 4.42 Å². The molecule has 4 aromatic carbocycles. The normalized spacial score (nSPS) is 15.7. The molecule has 7 rings (SSSR count). The smallest absolute Gasteiger partial charge is 0.402 e. The molecule has 3 heterocycles. The maximum atomic E-state index is 14.9. The third-order valence-corrected chi connectivity index (χ3v) is 8.79. The minimum Gasteiger partial charge on any atom is -0.416 e. The lowest BCUT2D eigenvalue weighted by atomic mass is 9.74. The van der Waals surface area contributed by atoms with Gasteiger partial charge in [-0.25, -0.2) is 4.90 Å². The number of aromatic nitrogens is 2. The number of aryl methyl sites for hydroxylation is 1. The van der Waals surface area contributed by atoms with Crippen molar-refractivity contribution in [1.82, 2.24) is 15.1 Å². The van der Waals surface area contributed by atoms with E-state index in [1.165, 1.54) is 31.3 Å². The van der Waals surface area contributed by atoms with Gasteiger partial charge in [0.25, 0.3) is 23.6 Å². The number of carbonyl (C=O) groups excluding carboxylic acids is 4. The number of anilines is 1. The van der Waals surface area contributed by atoms with Gasteiger partial charge in [0.2, 0.25) is 11.8 Å². The molecule has 4 amide bonds. The maximum absolute atomic E-state index is 14.9. The summed E-state index contributed by atoms with van der Waals surface area (Å²) in [6, 6.07) is 20.6. The van der Waals surface area contributed by atoms with E-state index in [2.05, 4.69) is 10.2 Å². The number of rotatable bonds is 5. The molecule has 0 radical (unpaired) electrons. The van der Waals surface area contributed by atoms with E-state index >= 15 is 0 Å². The average Bonchev–Trinajstić information content (AvgIpc) is 3.71. The fraction of sp³-hybridized carbons (Fsp3) is 0.143. The number of nitrogens with zero attached hydrogens (tertiary/aromatic N) is 4. The predicted molar refractivity (Wildman–Crippen MR) is 163 cm³/mol. The molecular formula is C35H23F3N4O5. The Morgan fingerprint density at radius 1 is 0.617 bits per heavy atom. The lowest BCUT2D eigenvalue weighted by Crippen LogP contribution is -2.41. The number of carbonyl (C=O) groups is 4. The van der Waals surface area contributed by atoms with Crippen LogP contribution in [-0.2, 0) is 5.41 Å². The highest BCUT2D eigenvalue weighted by molar-refractivity contribution is 6.34. The zero-order valence-electron chi connectivity index (χ0n) is 25.0. The van der Waals surface area contributed by atoms with Crippen LogP contribution in [0.25, 0.3) is 22.9 Å². The van der Waals surface area contributed by atoms with Crippen LogP contribution in [0.15, 0.2) is 89.3 Å². The molecule has 0 saturated heterocycles. The second-order valence-electron chi connectivity index (χ2n) is 11.6. The highest BCUT2D eigenvalue weighted by atomic mass is 19.4. The van der Waals surface area contributed by atoms with Gasteiger partial charge in [-0.15, -0.1) is 10.2 Å². The number of fused-ring (bicyclic) bond motifs is 2. The van der Waals surface area contributed by atoms with Gasteiger partial charge >= 0.3 is 6.18 Å². The van der Waals surface area contributed by atoms with Gasteiger partial charge in [-0.3, -0.25) is 24.1 Å². The lowest BCUT2D eigenvalue weighted by Gasteiger charge is -2.33. The van der Waals surface area contributed by atoms with E-state index in [-0.39, 0.29) is 45.0 Å². The Morgan fingerprint density at radius 3 is 1.60 bits per heavy atom. The zero-order valence-corrected chi connectivity index (χ0v) is 25.0. The molecule has 0 bridgehead atoms. The molecule has 2 aliphatic heterocycles. The summed E-state index contributed by atoms with van der Waals surface area (Å²) in [6.45, 7) is 2.89. The third kappa shape index (κ3) is 4.47. The van der Waals surface area contributed by atoms with Crippen molar-refractivity contribution in [3.05, 3.63) is 124 Å². The number of hydrogen-bond acceptors (Lipinski definition) is 7. The molecule has 0 N–H and O–H groups in total. The van der Waals surface area contributed by atoms with Crippen molar-refractivity contribution in [3.63, 3.8) is 0 Å². The molecule has 5 aromatic rings. The van der Waals surface area contributed by atoms with Crippen molar-refractivity contribution in [2.75, 3.05) is 11.9 Å². The summed E-state index contributed by atoms with van der Waals surface area (Å²) in [6.07, 6.45) is -4.89. The van der Waals surface area contributed by atoms with Crippen molar-refractivity contribution in [1.29, 1.82) is 0 Å². The van der Waals surface area contributed by atoms with Gasteiger partial charge in [0, 0.05) is 18.2 Å². The first-order valence-electron chi connectivity index (χ1n) is 14.4. The summed E-state index contributed by atoms with van der Waals surface area (Å²) < 4.78 is 50.5. The quantitative estimate of drug-likeness (QED) is 0.200. The van der Waals surface area contributed by atoms with Crippen LogP contribution < -0.4 is 4.90 Å². The predicted octanol–water partition coefficient (Wildman–Crippen LogP) is 6.61. The van der Waals surface area contributed by atoms with Crippen LogP contribution in [0.1, 0.15) is 65.0 Å². The molecule has 1 atom stereocenters. The zero-order chi connectivity index (χ0) is 33.4. The molecule has 0 spiro atoms. The van der Waals surface area contributed by atoms with E-state index in [1.54, 1.807) is 12.1 Å². The molecular weight excluding hydrogens is 613 g/mol. The molecule has 1 aromatic heterocycles. The number of amides is 4. The molecule has 0 saturated carbocycles. The Balaban J connectivity index is 1.20. The largest absolute Gasteiger partial charge is 0.416 e. The fourth-order valence-electron chi connectivity index (χ4n) is 5.86. The molecule has 12 heteroatoms. The molecule has 0 fully saturated rings. The first-order chi connectivity index (χ1) is 22.3. The molecule has 9 nitrogen and oxygen atoms in total. The molecule has 234 valence electrons. The lowest BCUT2D eigenvalue weighted by molar-refractivity contribution is -0.173. The minimum atomic E-state index is -4.89. The van der Waals surface area contributed by atoms with Crippen LogP contribution in [0, 0.1) is 6.92 Å². The van der Waals surface area contributed by atoms with Gasteiger partial charge in [-0.1, -0.05) is 29.8 Å². The van der Waals surface area contributed by atoms with Crippen LogP contribution in [0.2, 0.25) is 0 Å². The Bertz CT molecular complexity index is 2160. The van der Waals surface area contributed by atoms with Gasteiger partial charge in [0.05, 0.1) is 27.9 Å². The Labute approximate surface area is 265 Å². The van der Waals surface area contributed by atoms with Gasteiger partial charge in [0.15, 0.2) is 0 Å². The number of benzene rings is 4. The van der Waals surface area contributed by atoms with E-state index in [9.17, 15) is 32.3 Å². The Hall–Kier alpha value is -5.91. The fourth-order valence-corrected chi connectivity index (χ4v) is 5.86. The van der Waals surface area contributed by atoms with E-state index in [1.807, 2.05) is 31.2 Å². The van der Waals surface area contributed by atoms with Crippen molar-refractivity contribution in [3.8, 4) is 22.9 Å². The maximum Gasteiger partial charge on any atom is 0.402 e. The molecule has 1 unspecified atom stereocenters. The summed E-state index contributed by atoms with van der Waals surface area (Å²) in [4.78, 5) is 53.6. The van der Waals surface area contributed by atoms with Crippen LogP contribution >= 0.6 is 0 Å². The summed E-state index contributed by atoms with van der Waals surface area (Å²) in [5.74, 6) is -2.27. The number of hydrogen-bond donors (Lipinski definition) is 0. The Kier molecular flexibility index (Phi) is 6.53. The van der Waals surface area contributed by atoms with Gasteiger partial charge in [-0.2, -0.15) is 13.2 Å². The summed E-state index contributed by atoms with van der Waals surface area (Å²) in [5.41, 5.74) is -1.14. The highest BCUT2D eigenvalue weighted by Crippen LogP contribution is 2.48. The van der Waals surface area contributed by atoms with Crippen molar-refractivity contribution in [2.24, 2.45) is 0 Å². The molecule has 0 aliphatic carbocycles. The monoisotopic (exact) mass is 636 g/mol. The van der Waals surface area contributed by atoms with E-state index in [0.29, 0.717) is 11.5 Å². The SMILES string of the molecule is Cc1ccc(-c2nnc(-c3ccc(N4C(=O)c5ccc(C(C)(c6ccc7c(c6)C(=O)N(C)C7=O)C(F)(F)F)cc5C4=O)cc3)o2)cc1. The van der Waals surface area contributed by atoms with Crippen LogP contribution in [0.4, 0.5) is 18.9 Å². The standard InChI is InChI=1S/C35H23F3N4O5/c1-18-4-6-19(7-5-18)28-39-40-29(47-28)20-8-12-23(13-9-20)42-32(45)25-15-11-22(17-27(25)33(42)46)34(2,35(36,37)38)21-10-14-24-26(16-21)31(44)41(3)30(24)43/h4-17H,1-3H3. The second-order valence-corrected chi connectivity index (χ2v) is 11.6. The van der Waals surface area contributed by atoms with E-state index in [0.717, 1.165) is 52.1 Å². The van der Waals surface area contributed by atoms with Crippen molar-refractivity contribution in [2.45, 2.75) is 25.4 Å². The third-order valence-electron chi connectivity index (χ3n) is 8.79. The number of halogens is 3. The van der Waals surface area contributed by atoms with Gasteiger partial charge in [-0.05, 0) is 85.6 Å². The van der Waals surface area contributed by atoms with Gasteiger partial charge in [0.1, 0.15) is 5.41 Å². The van der Waals surface area contributed by atoms with Crippen LogP contribution in [0.5, 0.6) is 0 Å². The van der Waals surface area contributed by atoms with Crippen LogP contribution in [-0.4, -0.2) is 51.9 Å². The topological polar surface area (TPSA) is 114 Å². The van der Waals surface area contributed by atoms with Crippen molar-refractivity contribution < 1.29 is 36.8 Å². The first kappa shape index (κ1) is 29.8. The summed E-state index contributed by atoms with van der Waals surface area (Å²) in [7, 11) is 1.25. The molecule has 2 aliphatic rings. The average molecular weight is 637 g/mol. The Morgan fingerprint density at radius 2 is 1.06 bits per heavy atom. The molecule has 47 heavy (non-hydrogen) atoms.